The first-order valence-electron chi connectivity index (χ1n) is 6.21. The van der Waals surface area contributed by atoms with Crippen molar-refractivity contribution in [3.05, 3.63) is 58.7 Å². The first-order valence-corrected chi connectivity index (χ1v) is 6.21. The predicted octanol–water partition coefficient (Wildman–Crippen LogP) is 4.33. The molecule has 0 unspecified atom stereocenters. The average molecular weight is 242 g/mol. The molecule has 1 N–H and O–H groups in total. The maximum absolute atomic E-state index is 11.0. The molecule has 0 bridgehead atoms. The van der Waals surface area contributed by atoms with E-state index in [1.807, 2.05) is 38.1 Å². The summed E-state index contributed by atoms with van der Waals surface area (Å²) >= 11 is 0. The molecule has 3 heteroatoms. The van der Waals surface area contributed by atoms with Gasteiger partial charge in [-0.2, -0.15) is 0 Å². The molecule has 1 aromatic rings. The molecule has 1 aromatic carbocycles. The van der Waals surface area contributed by atoms with E-state index in [-0.39, 0.29) is 0 Å². The molecule has 0 spiro atoms. The molecule has 0 saturated heterocycles. The Morgan fingerprint density at radius 1 is 1.22 bits per heavy atom. The molecule has 0 amide bonds. The number of allylic oxidation sites excluding steroid dienone is 3. The summed E-state index contributed by atoms with van der Waals surface area (Å²) in [5.74, 6) is 0. The lowest BCUT2D eigenvalue weighted by Gasteiger charge is -2.21. The van der Waals surface area contributed by atoms with Crippen molar-refractivity contribution in [3.63, 3.8) is 0 Å². The van der Waals surface area contributed by atoms with E-state index in [0.29, 0.717) is 0 Å². The van der Waals surface area contributed by atoms with Gasteiger partial charge in [-0.1, -0.05) is 35.5 Å². The Labute approximate surface area is 108 Å². The molecular formula is C15H18N2O. The van der Waals surface area contributed by atoms with E-state index in [2.05, 4.69) is 28.7 Å². The second-order valence-corrected chi connectivity index (χ2v) is 4.96. The Balaban J connectivity index is 2.31. The first kappa shape index (κ1) is 12.6. The van der Waals surface area contributed by atoms with E-state index in [9.17, 15) is 4.91 Å². The molecule has 0 heterocycles. The highest BCUT2D eigenvalue weighted by molar-refractivity contribution is 5.59. The number of para-hydroxylation sites is 1. The van der Waals surface area contributed by atoms with Gasteiger partial charge in [0, 0.05) is 16.9 Å². The van der Waals surface area contributed by atoms with Crippen LogP contribution in [0.5, 0.6) is 0 Å². The topological polar surface area (TPSA) is 41.5 Å². The third-order valence-corrected chi connectivity index (χ3v) is 3.09. The Hall–Kier alpha value is -1.90. The van der Waals surface area contributed by atoms with Crippen LogP contribution in [-0.4, -0.2) is 0 Å². The number of nitrogens with one attached hydrogen (secondary N) is 1. The van der Waals surface area contributed by atoms with Crippen LogP contribution >= 0.6 is 0 Å². The van der Waals surface area contributed by atoms with Gasteiger partial charge in [-0.05, 0) is 38.8 Å². The SMILES string of the molecule is CC(C)(N=O)c1ccccc1NC1=CCCC=C1. The van der Waals surface area contributed by atoms with Crippen molar-refractivity contribution in [3.8, 4) is 0 Å². The zero-order valence-corrected chi connectivity index (χ0v) is 10.8. The van der Waals surface area contributed by atoms with Gasteiger partial charge in [-0.3, -0.25) is 0 Å². The number of hydrogen-bond donors (Lipinski definition) is 1. The maximum Gasteiger partial charge on any atom is 0.124 e. The van der Waals surface area contributed by atoms with E-state index in [4.69, 9.17) is 0 Å². The van der Waals surface area contributed by atoms with Gasteiger partial charge in [-0.15, -0.1) is 4.91 Å². The molecule has 2 rings (SSSR count). The predicted molar refractivity (Wildman–Crippen MR) is 75.3 cm³/mol. The van der Waals surface area contributed by atoms with Crippen LogP contribution in [-0.2, 0) is 5.54 Å². The molecule has 0 radical (unpaired) electrons. The molecule has 0 aliphatic heterocycles. The van der Waals surface area contributed by atoms with E-state index in [1.165, 1.54) is 0 Å². The molecule has 1 aliphatic rings. The second kappa shape index (κ2) is 5.17. The lowest BCUT2D eigenvalue weighted by Crippen LogP contribution is -2.15. The molecule has 18 heavy (non-hydrogen) atoms. The minimum absolute atomic E-state index is 0.720. The van der Waals surface area contributed by atoms with Gasteiger partial charge in [0.15, 0.2) is 0 Å². The second-order valence-electron chi connectivity index (χ2n) is 4.96. The minimum atomic E-state index is -0.720. The molecule has 1 aliphatic carbocycles. The summed E-state index contributed by atoms with van der Waals surface area (Å²) < 4.78 is 0. The van der Waals surface area contributed by atoms with Gasteiger partial charge < -0.3 is 5.32 Å². The van der Waals surface area contributed by atoms with E-state index >= 15 is 0 Å². The molecule has 0 saturated carbocycles. The number of nitrogens with zero attached hydrogens (tertiary/aromatic N) is 1. The Bertz CT molecular complexity index is 501. The summed E-state index contributed by atoms with van der Waals surface area (Å²) in [6.45, 7) is 3.65. The molecular weight excluding hydrogens is 224 g/mol. The standard InChI is InChI=1S/C15H18N2O/c1-15(2,17-18)13-10-6-7-11-14(13)16-12-8-4-3-5-9-12/h4,6-11,16H,3,5H2,1-2H3. The van der Waals surface area contributed by atoms with Crippen LogP contribution in [0.25, 0.3) is 0 Å². The van der Waals surface area contributed by atoms with Gasteiger partial charge in [0.1, 0.15) is 5.54 Å². The largest absolute Gasteiger partial charge is 0.355 e. The normalized spacial score (nSPS) is 15.1. The zero-order valence-electron chi connectivity index (χ0n) is 10.8. The Morgan fingerprint density at radius 2 is 2.00 bits per heavy atom. The smallest absolute Gasteiger partial charge is 0.124 e. The summed E-state index contributed by atoms with van der Waals surface area (Å²) in [6, 6.07) is 7.81. The Morgan fingerprint density at radius 3 is 2.67 bits per heavy atom. The number of rotatable bonds is 4. The summed E-state index contributed by atoms with van der Waals surface area (Å²) in [6.07, 6.45) is 8.53. The molecule has 3 nitrogen and oxygen atoms in total. The summed E-state index contributed by atoms with van der Waals surface area (Å²) in [4.78, 5) is 11.0. The van der Waals surface area contributed by atoms with Gasteiger partial charge in [-0.25, -0.2) is 0 Å². The van der Waals surface area contributed by atoms with Crippen molar-refractivity contribution in [2.24, 2.45) is 5.18 Å². The fourth-order valence-corrected chi connectivity index (χ4v) is 2.04. The van der Waals surface area contributed by atoms with Gasteiger partial charge >= 0.3 is 0 Å². The third-order valence-electron chi connectivity index (χ3n) is 3.09. The minimum Gasteiger partial charge on any atom is -0.355 e. The van der Waals surface area contributed by atoms with Crippen LogP contribution < -0.4 is 5.32 Å². The van der Waals surface area contributed by atoms with Crippen LogP contribution in [0.2, 0.25) is 0 Å². The molecule has 94 valence electrons. The highest BCUT2D eigenvalue weighted by Crippen LogP contribution is 2.31. The quantitative estimate of drug-likeness (QED) is 0.798. The van der Waals surface area contributed by atoms with Gasteiger partial charge in [0.25, 0.3) is 0 Å². The van der Waals surface area contributed by atoms with Crippen molar-refractivity contribution >= 4 is 5.69 Å². The van der Waals surface area contributed by atoms with Crippen molar-refractivity contribution in [2.75, 3.05) is 5.32 Å². The van der Waals surface area contributed by atoms with Crippen molar-refractivity contribution in [1.29, 1.82) is 0 Å². The Kier molecular flexibility index (Phi) is 3.60. The van der Waals surface area contributed by atoms with Crippen molar-refractivity contribution in [2.45, 2.75) is 32.2 Å². The van der Waals surface area contributed by atoms with Crippen molar-refractivity contribution in [1.82, 2.24) is 0 Å². The van der Waals surface area contributed by atoms with Crippen molar-refractivity contribution < 1.29 is 0 Å². The molecule has 0 fully saturated rings. The van der Waals surface area contributed by atoms with Gasteiger partial charge in [0.05, 0.1) is 0 Å². The van der Waals surface area contributed by atoms with E-state index < -0.39 is 5.54 Å². The average Bonchev–Trinajstić information content (AvgIpc) is 2.40. The first-order chi connectivity index (χ1) is 8.63. The monoisotopic (exact) mass is 242 g/mol. The number of anilines is 1. The van der Waals surface area contributed by atoms with E-state index in [0.717, 1.165) is 29.8 Å². The van der Waals surface area contributed by atoms with Crippen LogP contribution in [0.1, 0.15) is 32.3 Å². The summed E-state index contributed by atoms with van der Waals surface area (Å²) in [5, 5.41) is 6.58. The van der Waals surface area contributed by atoms with Gasteiger partial charge in [0.2, 0.25) is 0 Å². The fraction of sp³-hybridized carbons (Fsp3) is 0.333. The highest BCUT2D eigenvalue weighted by atomic mass is 16.3. The maximum atomic E-state index is 11.0. The molecule has 0 atom stereocenters. The number of benzene rings is 1. The summed E-state index contributed by atoms with van der Waals surface area (Å²) in [7, 11) is 0. The fourth-order valence-electron chi connectivity index (χ4n) is 2.04. The van der Waals surface area contributed by atoms with Crippen LogP contribution in [0.4, 0.5) is 5.69 Å². The lowest BCUT2D eigenvalue weighted by molar-refractivity contribution is 0.554. The van der Waals surface area contributed by atoms with E-state index in [1.54, 1.807) is 0 Å². The third kappa shape index (κ3) is 2.67. The van der Waals surface area contributed by atoms with Crippen LogP contribution in [0, 0.1) is 4.91 Å². The zero-order chi connectivity index (χ0) is 13.0. The number of nitroso groups, excluding NO2 is 1. The molecule has 0 aromatic heterocycles. The van der Waals surface area contributed by atoms with Crippen LogP contribution in [0.3, 0.4) is 0 Å². The van der Waals surface area contributed by atoms with Crippen LogP contribution in [0.15, 0.2) is 53.4 Å². The highest BCUT2D eigenvalue weighted by Gasteiger charge is 2.24. The summed E-state index contributed by atoms with van der Waals surface area (Å²) in [5.41, 5.74) is 2.22. The lowest BCUT2D eigenvalue weighted by atomic mass is 9.93. The number of hydrogen-bond acceptors (Lipinski definition) is 3.